The van der Waals surface area contributed by atoms with Gasteiger partial charge < -0.3 is 9.73 Å². The predicted octanol–water partition coefficient (Wildman–Crippen LogP) is 8.75. The molecule has 4 heterocycles. The number of aliphatic imine (C=N–C) groups is 2. The van der Waals surface area contributed by atoms with Crippen molar-refractivity contribution in [3.63, 3.8) is 0 Å². The van der Waals surface area contributed by atoms with Crippen LogP contribution in [0.3, 0.4) is 0 Å². The van der Waals surface area contributed by atoms with Gasteiger partial charge in [0.15, 0.2) is 11.4 Å². The number of hydrogen-bond donors (Lipinski definition) is 1. The summed E-state index contributed by atoms with van der Waals surface area (Å²) in [7, 11) is 0. The van der Waals surface area contributed by atoms with E-state index in [-0.39, 0.29) is 6.17 Å². The smallest absolute Gasteiger partial charge is 0.159 e. The number of benzene rings is 5. The van der Waals surface area contributed by atoms with Crippen LogP contribution in [0.25, 0.3) is 55.4 Å². The maximum Gasteiger partial charge on any atom is 0.159 e. The highest BCUT2D eigenvalue weighted by molar-refractivity contribution is 6.13. The number of furan rings is 1. The molecule has 47 heavy (non-hydrogen) atoms. The van der Waals surface area contributed by atoms with Crippen molar-refractivity contribution in [2.45, 2.75) is 6.17 Å². The number of amidine groups is 2. The number of hydrogen-bond acceptors (Lipinski definition) is 7. The van der Waals surface area contributed by atoms with E-state index in [0.29, 0.717) is 5.84 Å². The molecule has 0 radical (unpaired) electrons. The van der Waals surface area contributed by atoms with Gasteiger partial charge in [-0.2, -0.15) is 0 Å². The standard InChI is InChI=1S/C40H26N6O/c1-3-9-26(10-4-1)38-44-39(27-11-5-2-6-12-27)46-40(45-38)28-17-15-25(16-18-28)29-19-20-33-32(21-29)37(43-24-42-33)34-22-31-30-13-7-8-14-35(30)47-36(31)23-41-34/h1-24,40H,(H,44,45,46). The first-order chi connectivity index (χ1) is 23.3. The first-order valence-electron chi connectivity index (χ1n) is 15.4. The van der Waals surface area contributed by atoms with Gasteiger partial charge >= 0.3 is 0 Å². The Labute approximate surface area is 270 Å². The van der Waals surface area contributed by atoms with Crippen molar-refractivity contribution in [2.75, 3.05) is 0 Å². The molecule has 0 fully saturated rings. The van der Waals surface area contributed by atoms with Crippen molar-refractivity contribution in [3.8, 4) is 22.5 Å². The van der Waals surface area contributed by atoms with Crippen molar-refractivity contribution in [2.24, 2.45) is 9.98 Å². The number of fused-ring (bicyclic) bond motifs is 4. The molecule has 9 rings (SSSR count). The zero-order chi connectivity index (χ0) is 31.2. The van der Waals surface area contributed by atoms with Gasteiger partial charge in [0.2, 0.25) is 0 Å². The van der Waals surface area contributed by atoms with Crippen LogP contribution in [0.5, 0.6) is 0 Å². The minimum absolute atomic E-state index is 0.288. The Balaban J connectivity index is 1.07. The Morgan fingerprint density at radius 1 is 0.553 bits per heavy atom. The number of aromatic nitrogens is 3. The third kappa shape index (κ3) is 4.91. The van der Waals surface area contributed by atoms with E-state index >= 15 is 0 Å². The first-order valence-corrected chi connectivity index (χ1v) is 15.4. The predicted molar refractivity (Wildman–Crippen MR) is 187 cm³/mol. The van der Waals surface area contributed by atoms with Crippen molar-refractivity contribution < 1.29 is 4.42 Å². The van der Waals surface area contributed by atoms with Crippen molar-refractivity contribution >= 4 is 44.5 Å². The molecule has 7 heteroatoms. The van der Waals surface area contributed by atoms with E-state index in [0.717, 1.165) is 77.9 Å². The molecule has 1 aliphatic heterocycles. The average molecular weight is 607 g/mol. The second-order valence-electron chi connectivity index (χ2n) is 11.4. The minimum Gasteiger partial charge on any atom is -0.454 e. The quantitative estimate of drug-likeness (QED) is 0.212. The van der Waals surface area contributed by atoms with Crippen LogP contribution in [0.2, 0.25) is 0 Å². The van der Waals surface area contributed by atoms with E-state index in [1.807, 2.05) is 72.8 Å². The molecule has 3 aromatic heterocycles. The van der Waals surface area contributed by atoms with E-state index in [1.54, 1.807) is 12.5 Å². The molecule has 8 aromatic rings. The summed E-state index contributed by atoms with van der Waals surface area (Å²) >= 11 is 0. The van der Waals surface area contributed by atoms with Crippen molar-refractivity contribution in [3.05, 3.63) is 163 Å². The van der Waals surface area contributed by atoms with Crippen LogP contribution in [0, 0.1) is 0 Å². The molecule has 0 saturated carbocycles. The highest BCUT2D eigenvalue weighted by atomic mass is 16.3. The lowest BCUT2D eigenvalue weighted by Gasteiger charge is -2.23. The molecule has 5 aromatic carbocycles. The summed E-state index contributed by atoms with van der Waals surface area (Å²) in [5.41, 5.74) is 9.18. The largest absolute Gasteiger partial charge is 0.454 e. The number of rotatable bonds is 5. The maximum atomic E-state index is 6.00. The van der Waals surface area contributed by atoms with E-state index in [9.17, 15) is 0 Å². The van der Waals surface area contributed by atoms with Gasteiger partial charge in [-0.1, -0.05) is 109 Å². The lowest BCUT2D eigenvalue weighted by Crippen LogP contribution is -2.33. The van der Waals surface area contributed by atoms with E-state index in [2.05, 4.69) is 75.9 Å². The van der Waals surface area contributed by atoms with Crippen LogP contribution in [0.1, 0.15) is 22.9 Å². The van der Waals surface area contributed by atoms with Crippen LogP contribution in [-0.4, -0.2) is 26.6 Å². The lowest BCUT2D eigenvalue weighted by molar-refractivity contribution is 0.667. The monoisotopic (exact) mass is 606 g/mol. The molecule has 0 aliphatic carbocycles. The fourth-order valence-corrected chi connectivity index (χ4v) is 6.14. The third-order valence-electron chi connectivity index (χ3n) is 8.52. The van der Waals surface area contributed by atoms with Crippen LogP contribution in [0.4, 0.5) is 0 Å². The molecule has 0 spiro atoms. The Kier molecular flexibility index (Phi) is 6.38. The van der Waals surface area contributed by atoms with Crippen LogP contribution < -0.4 is 5.32 Å². The first kappa shape index (κ1) is 26.9. The fourth-order valence-electron chi connectivity index (χ4n) is 6.14. The van der Waals surface area contributed by atoms with Crippen LogP contribution in [0.15, 0.2) is 160 Å². The number of nitrogens with zero attached hydrogens (tertiary/aromatic N) is 5. The summed E-state index contributed by atoms with van der Waals surface area (Å²) in [5, 5.41) is 6.55. The van der Waals surface area contributed by atoms with E-state index in [1.165, 1.54) is 0 Å². The molecule has 1 aliphatic rings. The Morgan fingerprint density at radius 2 is 1.30 bits per heavy atom. The molecular weight excluding hydrogens is 580 g/mol. The molecule has 0 bridgehead atoms. The van der Waals surface area contributed by atoms with Gasteiger partial charge in [-0.05, 0) is 41.0 Å². The summed E-state index contributed by atoms with van der Waals surface area (Å²) in [5.74, 6) is 1.50. The second kappa shape index (κ2) is 11.2. The van der Waals surface area contributed by atoms with Gasteiger partial charge in [0, 0.05) is 27.3 Å². The highest BCUT2D eigenvalue weighted by Gasteiger charge is 2.21. The average Bonchev–Trinajstić information content (AvgIpc) is 3.53. The SMILES string of the molecule is c1ccc(C2=NC(c3ccc(-c4ccc5ncnc(-c6cc7c(cn6)oc6ccccc67)c5c4)cc3)NC(c3ccccc3)=N2)cc1. The van der Waals surface area contributed by atoms with Crippen molar-refractivity contribution in [1.29, 1.82) is 0 Å². The van der Waals surface area contributed by atoms with Crippen molar-refractivity contribution in [1.82, 2.24) is 20.3 Å². The zero-order valence-corrected chi connectivity index (χ0v) is 25.1. The Bertz CT molecular complexity index is 2490. The zero-order valence-electron chi connectivity index (χ0n) is 25.1. The summed E-state index contributed by atoms with van der Waals surface area (Å²) in [6.07, 6.45) is 3.09. The molecule has 0 saturated heterocycles. The van der Waals surface area contributed by atoms with Gasteiger partial charge in [-0.3, -0.25) is 4.98 Å². The van der Waals surface area contributed by atoms with E-state index < -0.39 is 0 Å². The second-order valence-corrected chi connectivity index (χ2v) is 11.4. The summed E-state index contributed by atoms with van der Waals surface area (Å²) in [4.78, 5) is 23.9. The van der Waals surface area contributed by atoms with Gasteiger partial charge in [0.05, 0.1) is 23.1 Å². The minimum atomic E-state index is -0.288. The summed E-state index contributed by atoms with van der Waals surface area (Å²) < 4.78 is 6.00. The Morgan fingerprint density at radius 3 is 2.13 bits per heavy atom. The lowest BCUT2D eigenvalue weighted by atomic mass is 9.99. The Hall–Kier alpha value is -6.47. The normalized spacial score (nSPS) is 14.6. The van der Waals surface area contributed by atoms with Gasteiger partial charge in [-0.15, -0.1) is 0 Å². The van der Waals surface area contributed by atoms with E-state index in [4.69, 9.17) is 19.4 Å². The molecule has 7 nitrogen and oxygen atoms in total. The summed E-state index contributed by atoms with van der Waals surface area (Å²) in [6, 6.07) is 45.1. The number of para-hydroxylation sites is 1. The number of pyridine rings is 1. The highest BCUT2D eigenvalue weighted by Crippen LogP contribution is 2.34. The fraction of sp³-hybridized carbons (Fsp3) is 0.0250. The van der Waals surface area contributed by atoms with Gasteiger partial charge in [0.1, 0.15) is 23.9 Å². The van der Waals surface area contributed by atoms with Gasteiger partial charge in [-0.25, -0.2) is 20.0 Å². The molecule has 0 amide bonds. The van der Waals surface area contributed by atoms with Crippen LogP contribution >= 0.6 is 0 Å². The maximum absolute atomic E-state index is 6.00. The summed E-state index contributed by atoms with van der Waals surface area (Å²) in [6.45, 7) is 0. The molecule has 1 unspecified atom stereocenters. The topological polar surface area (TPSA) is 88.6 Å². The molecule has 1 atom stereocenters. The van der Waals surface area contributed by atoms with Crippen LogP contribution in [-0.2, 0) is 0 Å². The third-order valence-corrected chi connectivity index (χ3v) is 8.52. The molecule has 222 valence electrons. The molecule has 1 N–H and O–H groups in total. The van der Waals surface area contributed by atoms with Gasteiger partial charge in [0.25, 0.3) is 0 Å². The molecular formula is C40H26N6O. The number of nitrogens with one attached hydrogen (secondary N) is 1.